The number of carbonyl (C=O) groups is 1. The van der Waals surface area contributed by atoms with Gasteiger partial charge in [-0.25, -0.2) is 9.97 Å². The SMILES string of the molecule is CN(C)Cc1ccc(-c2nc(C(=O)N(C)C)c3c4ccccc4n(C)c3n2)cc1. The second-order valence-electron chi connectivity index (χ2n) is 7.80. The molecule has 29 heavy (non-hydrogen) atoms. The Morgan fingerprint density at radius 3 is 2.31 bits per heavy atom. The summed E-state index contributed by atoms with van der Waals surface area (Å²) in [5.41, 5.74) is 4.34. The summed E-state index contributed by atoms with van der Waals surface area (Å²) < 4.78 is 2.03. The molecule has 2 aromatic carbocycles. The van der Waals surface area contributed by atoms with Gasteiger partial charge in [0.15, 0.2) is 5.82 Å². The number of hydrogen-bond acceptors (Lipinski definition) is 4. The Morgan fingerprint density at radius 2 is 1.66 bits per heavy atom. The Balaban J connectivity index is 1.95. The maximum absolute atomic E-state index is 13.0. The van der Waals surface area contributed by atoms with Crippen LogP contribution in [0.3, 0.4) is 0 Å². The number of aryl methyl sites for hydroxylation is 1. The molecule has 0 aliphatic carbocycles. The molecule has 0 N–H and O–H groups in total. The highest BCUT2D eigenvalue weighted by atomic mass is 16.2. The number of nitrogens with zero attached hydrogens (tertiary/aromatic N) is 5. The van der Waals surface area contributed by atoms with Gasteiger partial charge in [-0.15, -0.1) is 0 Å². The molecule has 4 aromatic rings. The number of carbonyl (C=O) groups excluding carboxylic acids is 1. The lowest BCUT2D eigenvalue weighted by Gasteiger charge is -2.13. The van der Waals surface area contributed by atoms with E-state index in [9.17, 15) is 4.79 Å². The van der Waals surface area contributed by atoms with Crippen LogP contribution in [0.4, 0.5) is 0 Å². The van der Waals surface area contributed by atoms with Crippen LogP contribution in [0.2, 0.25) is 0 Å². The number of fused-ring (bicyclic) bond motifs is 3. The van der Waals surface area contributed by atoms with E-state index < -0.39 is 0 Å². The molecular formula is C23H25N5O. The second-order valence-corrected chi connectivity index (χ2v) is 7.80. The zero-order valence-electron chi connectivity index (χ0n) is 17.5. The predicted molar refractivity (Wildman–Crippen MR) is 117 cm³/mol. The van der Waals surface area contributed by atoms with Gasteiger partial charge < -0.3 is 14.4 Å². The summed E-state index contributed by atoms with van der Waals surface area (Å²) in [7, 11) is 9.56. The topological polar surface area (TPSA) is 54.3 Å². The number of para-hydroxylation sites is 1. The fraction of sp³-hybridized carbons (Fsp3) is 0.261. The van der Waals surface area contributed by atoms with Crippen molar-refractivity contribution in [2.45, 2.75) is 6.54 Å². The van der Waals surface area contributed by atoms with Crippen molar-refractivity contribution >= 4 is 27.8 Å². The summed E-state index contributed by atoms with van der Waals surface area (Å²) in [6, 6.07) is 16.2. The van der Waals surface area contributed by atoms with Crippen molar-refractivity contribution in [1.29, 1.82) is 0 Å². The first-order valence-corrected chi connectivity index (χ1v) is 9.57. The van der Waals surface area contributed by atoms with Gasteiger partial charge in [-0.2, -0.15) is 0 Å². The van der Waals surface area contributed by atoms with Crippen LogP contribution in [0.1, 0.15) is 16.1 Å². The van der Waals surface area contributed by atoms with Crippen LogP contribution >= 0.6 is 0 Å². The number of hydrogen-bond donors (Lipinski definition) is 0. The third kappa shape index (κ3) is 3.36. The maximum atomic E-state index is 13.0. The van der Waals surface area contributed by atoms with Crippen molar-refractivity contribution < 1.29 is 4.79 Å². The van der Waals surface area contributed by atoms with Gasteiger partial charge in [0.1, 0.15) is 11.3 Å². The van der Waals surface area contributed by atoms with Crippen molar-refractivity contribution in [3.8, 4) is 11.4 Å². The van der Waals surface area contributed by atoms with E-state index in [1.54, 1.807) is 19.0 Å². The van der Waals surface area contributed by atoms with Gasteiger partial charge in [-0.1, -0.05) is 42.5 Å². The highest BCUT2D eigenvalue weighted by molar-refractivity contribution is 6.16. The van der Waals surface area contributed by atoms with Crippen molar-refractivity contribution in [2.75, 3.05) is 28.2 Å². The van der Waals surface area contributed by atoms with E-state index >= 15 is 0 Å². The van der Waals surface area contributed by atoms with Crippen LogP contribution in [0, 0.1) is 0 Å². The average molecular weight is 387 g/mol. The molecule has 0 radical (unpaired) electrons. The molecule has 148 valence electrons. The highest BCUT2D eigenvalue weighted by Gasteiger charge is 2.22. The summed E-state index contributed by atoms with van der Waals surface area (Å²) in [6.07, 6.45) is 0. The zero-order chi connectivity index (χ0) is 20.7. The predicted octanol–water partition coefficient (Wildman–Crippen LogP) is 3.55. The molecule has 0 aliphatic heterocycles. The number of aromatic nitrogens is 3. The minimum absolute atomic E-state index is 0.126. The fourth-order valence-electron chi connectivity index (χ4n) is 3.65. The molecule has 2 heterocycles. The van der Waals surface area contributed by atoms with Crippen molar-refractivity contribution in [2.24, 2.45) is 7.05 Å². The third-order valence-electron chi connectivity index (χ3n) is 5.06. The van der Waals surface area contributed by atoms with E-state index in [2.05, 4.69) is 17.0 Å². The Hall–Kier alpha value is -3.25. The van der Waals surface area contributed by atoms with Gasteiger partial charge in [0.2, 0.25) is 0 Å². The van der Waals surface area contributed by atoms with Crippen LogP contribution in [0.15, 0.2) is 48.5 Å². The van der Waals surface area contributed by atoms with Crippen molar-refractivity contribution in [3.63, 3.8) is 0 Å². The number of amides is 1. The molecule has 0 saturated carbocycles. The molecule has 2 aromatic heterocycles. The van der Waals surface area contributed by atoms with E-state index in [0.717, 1.165) is 34.0 Å². The first-order chi connectivity index (χ1) is 13.9. The molecule has 0 unspecified atom stereocenters. The summed E-state index contributed by atoms with van der Waals surface area (Å²) >= 11 is 0. The van der Waals surface area contributed by atoms with Crippen molar-refractivity contribution in [3.05, 3.63) is 59.8 Å². The zero-order valence-corrected chi connectivity index (χ0v) is 17.5. The van der Waals surface area contributed by atoms with Crippen LogP contribution < -0.4 is 0 Å². The molecule has 0 saturated heterocycles. The molecule has 4 rings (SSSR count). The third-order valence-corrected chi connectivity index (χ3v) is 5.06. The summed E-state index contributed by atoms with van der Waals surface area (Å²) in [5.74, 6) is 0.434. The van der Waals surface area contributed by atoms with Crippen molar-refractivity contribution in [1.82, 2.24) is 24.3 Å². The van der Waals surface area contributed by atoms with E-state index in [-0.39, 0.29) is 5.91 Å². The molecule has 0 atom stereocenters. The molecular weight excluding hydrogens is 362 g/mol. The van der Waals surface area contributed by atoms with E-state index in [4.69, 9.17) is 9.97 Å². The first kappa shape index (κ1) is 19.1. The lowest BCUT2D eigenvalue weighted by Crippen LogP contribution is -2.23. The Labute approximate surface area is 170 Å². The lowest BCUT2D eigenvalue weighted by molar-refractivity contribution is 0.0824. The van der Waals surface area contributed by atoms with Gasteiger partial charge in [-0.05, 0) is 25.7 Å². The Bertz CT molecular complexity index is 1210. The smallest absolute Gasteiger partial charge is 0.272 e. The maximum Gasteiger partial charge on any atom is 0.272 e. The van der Waals surface area contributed by atoms with E-state index in [0.29, 0.717) is 11.5 Å². The summed E-state index contributed by atoms with van der Waals surface area (Å²) in [5, 5.41) is 1.79. The Morgan fingerprint density at radius 1 is 0.966 bits per heavy atom. The van der Waals surface area contributed by atoms with E-state index in [1.807, 2.05) is 62.1 Å². The summed E-state index contributed by atoms with van der Waals surface area (Å²) in [4.78, 5) is 26.2. The van der Waals surface area contributed by atoms with Gasteiger partial charge in [0.05, 0.1) is 10.9 Å². The van der Waals surface area contributed by atoms with Gasteiger partial charge in [0.25, 0.3) is 5.91 Å². The highest BCUT2D eigenvalue weighted by Crippen LogP contribution is 2.31. The monoisotopic (exact) mass is 387 g/mol. The molecule has 6 nitrogen and oxygen atoms in total. The van der Waals surface area contributed by atoms with Gasteiger partial charge in [0, 0.05) is 38.6 Å². The Kier molecular flexibility index (Phi) is 4.80. The number of benzene rings is 2. The molecule has 0 fully saturated rings. The van der Waals surface area contributed by atoms with Gasteiger partial charge >= 0.3 is 0 Å². The first-order valence-electron chi connectivity index (χ1n) is 9.57. The standard InChI is InChI=1S/C23H25N5O/c1-26(2)14-15-10-12-16(13-11-15)21-24-20(23(29)27(3)4)19-17-8-6-7-9-18(17)28(5)22(19)25-21/h6-13H,14H2,1-5H3. The number of rotatable bonds is 4. The lowest BCUT2D eigenvalue weighted by atomic mass is 10.1. The normalized spacial score (nSPS) is 11.5. The van der Waals surface area contributed by atoms with Crippen LogP contribution in [-0.2, 0) is 13.6 Å². The largest absolute Gasteiger partial charge is 0.343 e. The minimum atomic E-state index is -0.126. The summed E-state index contributed by atoms with van der Waals surface area (Å²) in [6.45, 7) is 0.869. The quantitative estimate of drug-likeness (QED) is 0.537. The average Bonchev–Trinajstić information content (AvgIpc) is 2.99. The van der Waals surface area contributed by atoms with E-state index in [1.165, 1.54) is 5.56 Å². The molecule has 6 heteroatoms. The minimum Gasteiger partial charge on any atom is -0.343 e. The van der Waals surface area contributed by atoms with Crippen LogP contribution in [-0.4, -0.2) is 58.4 Å². The molecule has 0 spiro atoms. The molecule has 0 aliphatic rings. The fourth-order valence-corrected chi connectivity index (χ4v) is 3.65. The molecule has 1 amide bonds. The van der Waals surface area contributed by atoms with Crippen LogP contribution in [0.25, 0.3) is 33.3 Å². The second kappa shape index (κ2) is 7.29. The molecule has 0 bridgehead atoms. The van der Waals surface area contributed by atoms with Crippen LogP contribution in [0.5, 0.6) is 0 Å². The van der Waals surface area contributed by atoms with Gasteiger partial charge in [-0.3, -0.25) is 4.79 Å².